The molecule has 1 atom stereocenters. The minimum absolute atomic E-state index is 0.333. The van der Waals surface area contributed by atoms with Crippen LogP contribution in [0.25, 0.3) is 10.9 Å². The molecule has 0 saturated carbocycles. The molecular weight excluding hydrogens is 336 g/mol. The Hall–Kier alpha value is -1.82. The molecule has 1 aromatic heterocycles. The van der Waals surface area contributed by atoms with Gasteiger partial charge in [-0.2, -0.15) is 0 Å². The van der Waals surface area contributed by atoms with Gasteiger partial charge in [0, 0.05) is 10.9 Å². The van der Waals surface area contributed by atoms with E-state index in [-0.39, 0.29) is 0 Å². The van der Waals surface area contributed by atoms with Gasteiger partial charge in [0.25, 0.3) is 5.91 Å². The van der Waals surface area contributed by atoms with Gasteiger partial charge in [0.2, 0.25) is 0 Å². The van der Waals surface area contributed by atoms with E-state index in [0.29, 0.717) is 23.0 Å². The summed E-state index contributed by atoms with van der Waals surface area (Å²) in [6, 6.07) is 7.49. The number of carbonyl (C=O) groups is 2. The number of rotatable bonds is 5. The number of halogens is 1. The van der Waals surface area contributed by atoms with Crippen LogP contribution in [0.3, 0.4) is 0 Å². The first-order valence-corrected chi connectivity index (χ1v) is 7.50. The topological polar surface area (TPSA) is 82.2 Å². The summed E-state index contributed by atoms with van der Waals surface area (Å²) in [5.41, 5.74) is -0.121. The van der Waals surface area contributed by atoms with Crippen molar-refractivity contribution in [1.29, 1.82) is 0 Å². The number of hydrogen-bond acceptors (Lipinski definition) is 2. The maximum Gasteiger partial charge on any atom is 0.329 e. The largest absolute Gasteiger partial charge is 0.480 e. The van der Waals surface area contributed by atoms with Crippen molar-refractivity contribution >= 4 is 38.7 Å². The minimum Gasteiger partial charge on any atom is -0.480 e. The number of benzene rings is 1. The van der Waals surface area contributed by atoms with E-state index in [9.17, 15) is 14.7 Å². The highest BCUT2D eigenvalue weighted by molar-refractivity contribution is 9.10. The number of aliphatic carboxylic acids is 1. The van der Waals surface area contributed by atoms with E-state index in [0.717, 1.165) is 10.9 Å². The summed E-state index contributed by atoms with van der Waals surface area (Å²) in [6.45, 7) is 3.40. The third kappa shape index (κ3) is 2.95. The Kier molecular flexibility index (Phi) is 4.37. The number of amides is 1. The van der Waals surface area contributed by atoms with Crippen LogP contribution < -0.4 is 5.32 Å². The zero-order valence-corrected chi connectivity index (χ0v) is 13.5. The first kappa shape index (κ1) is 15.6. The number of hydrogen-bond donors (Lipinski definition) is 3. The van der Waals surface area contributed by atoms with Gasteiger partial charge in [-0.25, -0.2) is 4.79 Å². The van der Waals surface area contributed by atoms with E-state index in [4.69, 9.17) is 0 Å². The highest BCUT2D eigenvalue weighted by Gasteiger charge is 2.35. The van der Waals surface area contributed by atoms with Gasteiger partial charge in [-0.05, 0) is 35.3 Å². The highest BCUT2D eigenvalue weighted by atomic mass is 79.9. The number of carbonyl (C=O) groups excluding carboxylic acids is 1. The van der Waals surface area contributed by atoms with Gasteiger partial charge in [0.05, 0.1) is 4.47 Å². The molecule has 0 aliphatic heterocycles. The lowest BCUT2D eigenvalue weighted by molar-refractivity contribution is -0.144. The van der Waals surface area contributed by atoms with Crippen molar-refractivity contribution in [2.75, 3.05) is 0 Å². The van der Waals surface area contributed by atoms with Crippen molar-refractivity contribution in [1.82, 2.24) is 10.3 Å². The molecule has 0 saturated heterocycles. The van der Waals surface area contributed by atoms with E-state index < -0.39 is 17.4 Å². The molecule has 112 valence electrons. The van der Waals surface area contributed by atoms with Crippen molar-refractivity contribution in [3.05, 3.63) is 34.4 Å². The zero-order valence-electron chi connectivity index (χ0n) is 11.9. The van der Waals surface area contributed by atoms with Crippen LogP contribution in [0.2, 0.25) is 0 Å². The number of nitrogens with one attached hydrogen (secondary N) is 2. The molecule has 0 aliphatic rings. The molecule has 0 spiro atoms. The number of fused-ring (bicyclic) bond motifs is 1. The van der Waals surface area contributed by atoms with E-state index in [2.05, 4.69) is 26.2 Å². The number of carboxylic acid groups (broad SMARTS) is 1. The molecule has 1 amide bonds. The minimum atomic E-state index is -1.28. The SMILES string of the molecule is CCCC(C)(NC(=O)c1[nH]c2ccccc2c1Br)C(=O)O. The van der Waals surface area contributed by atoms with Crippen LogP contribution in [0.4, 0.5) is 0 Å². The van der Waals surface area contributed by atoms with Gasteiger partial charge in [-0.1, -0.05) is 31.5 Å². The molecule has 2 aromatic rings. The van der Waals surface area contributed by atoms with Crippen molar-refractivity contribution in [3.63, 3.8) is 0 Å². The summed E-state index contributed by atoms with van der Waals surface area (Å²) in [5.74, 6) is -1.47. The average Bonchev–Trinajstić information content (AvgIpc) is 2.77. The average molecular weight is 353 g/mol. The third-order valence-corrected chi connectivity index (χ3v) is 4.30. The lowest BCUT2D eigenvalue weighted by Crippen LogP contribution is -2.52. The molecule has 1 unspecified atom stereocenters. The first-order valence-electron chi connectivity index (χ1n) is 6.71. The quantitative estimate of drug-likeness (QED) is 0.771. The molecular formula is C15H17BrN2O3. The summed E-state index contributed by atoms with van der Waals surface area (Å²) in [7, 11) is 0. The number of aromatic amines is 1. The fraction of sp³-hybridized carbons (Fsp3) is 0.333. The van der Waals surface area contributed by atoms with Crippen LogP contribution in [0.1, 0.15) is 37.2 Å². The Bertz CT molecular complexity index is 695. The first-order chi connectivity index (χ1) is 9.89. The van der Waals surface area contributed by atoms with Crippen molar-refractivity contribution in [2.45, 2.75) is 32.2 Å². The molecule has 2 rings (SSSR count). The standard InChI is InChI=1S/C15H17BrN2O3/c1-3-8-15(2,14(20)21)18-13(19)12-11(16)9-6-4-5-7-10(9)17-12/h4-7,17H,3,8H2,1-2H3,(H,18,19)(H,20,21). The highest BCUT2D eigenvalue weighted by Crippen LogP contribution is 2.28. The Labute approximate surface area is 130 Å². The second-order valence-corrected chi connectivity index (χ2v) is 5.99. The van der Waals surface area contributed by atoms with Crippen molar-refractivity contribution < 1.29 is 14.7 Å². The molecule has 21 heavy (non-hydrogen) atoms. The second-order valence-electron chi connectivity index (χ2n) is 5.20. The van der Waals surface area contributed by atoms with E-state index in [1.807, 2.05) is 31.2 Å². The normalized spacial score (nSPS) is 13.9. The molecule has 0 aliphatic carbocycles. The van der Waals surface area contributed by atoms with Gasteiger partial charge in [-0.15, -0.1) is 0 Å². The number of H-pyrrole nitrogens is 1. The van der Waals surface area contributed by atoms with Gasteiger partial charge >= 0.3 is 5.97 Å². The Morgan fingerprint density at radius 2 is 2.05 bits per heavy atom. The maximum atomic E-state index is 12.4. The summed E-state index contributed by atoms with van der Waals surface area (Å²) in [4.78, 5) is 26.8. The Morgan fingerprint density at radius 1 is 1.38 bits per heavy atom. The summed E-state index contributed by atoms with van der Waals surface area (Å²) in [5, 5.41) is 12.8. The fourth-order valence-electron chi connectivity index (χ4n) is 2.30. The molecule has 0 radical (unpaired) electrons. The predicted molar refractivity (Wildman–Crippen MR) is 84.4 cm³/mol. The van der Waals surface area contributed by atoms with E-state index in [1.165, 1.54) is 6.92 Å². The van der Waals surface area contributed by atoms with E-state index in [1.54, 1.807) is 0 Å². The van der Waals surface area contributed by atoms with Crippen molar-refractivity contribution in [2.24, 2.45) is 0 Å². The lowest BCUT2D eigenvalue weighted by atomic mass is 9.96. The maximum absolute atomic E-state index is 12.4. The zero-order chi connectivity index (χ0) is 15.6. The number of para-hydroxylation sites is 1. The van der Waals surface area contributed by atoms with Crippen LogP contribution in [0.15, 0.2) is 28.7 Å². The Balaban J connectivity index is 2.34. The predicted octanol–water partition coefficient (Wildman–Crippen LogP) is 3.30. The lowest BCUT2D eigenvalue weighted by Gasteiger charge is -2.25. The summed E-state index contributed by atoms with van der Waals surface area (Å²) < 4.78 is 0.639. The Morgan fingerprint density at radius 3 is 2.62 bits per heavy atom. The summed E-state index contributed by atoms with van der Waals surface area (Å²) in [6.07, 6.45) is 1.03. The van der Waals surface area contributed by atoms with Crippen LogP contribution in [-0.2, 0) is 4.79 Å². The smallest absolute Gasteiger partial charge is 0.329 e. The monoisotopic (exact) mass is 352 g/mol. The molecule has 6 heteroatoms. The molecule has 1 heterocycles. The fourth-order valence-corrected chi connectivity index (χ4v) is 2.93. The van der Waals surface area contributed by atoms with Crippen LogP contribution in [0.5, 0.6) is 0 Å². The van der Waals surface area contributed by atoms with Gasteiger partial charge < -0.3 is 15.4 Å². The van der Waals surface area contributed by atoms with E-state index >= 15 is 0 Å². The van der Waals surface area contributed by atoms with Crippen molar-refractivity contribution in [3.8, 4) is 0 Å². The second kappa shape index (κ2) is 5.89. The molecule has 5 nitrogen and oxygen atoms in total. The molecule has 0 fully saturated rings. The number of aromatic nitrogens is 1. The van der Waals surface area contributed by atoms with Gasteiger partial charge in [0.15, 0.2) is 0 Å². The molecule has 0 bridgehead atoms. The van der Waals surface area contributed by atoms with Gasteiger partial charge in [0.1, 0.15) is 11.2 Å². The van der Waals surface area contributed by atoms with Crippen LogP contribution in [-0.4, -0.2) is 27.5 Å². The molecule has 3 N–H and O–H groups in total. The summed E-state index contributed by atoms with van der Waals surface area (Å²) >= 11 is 3.40. The van der Waals surface area contributed by atoms with Gasteiger partial charge in [-0.3, -0.25) is 4.79 Å². The molecule has 1 aromatic carbocycles. The third-order valence-electron chi connectivity index (χ3n) is 3.48. The van der Waals surface area contributed by atoms with Crippen LogP contribution >= 0.6 is 15.9 Å². The number of carboxylic acids is 1. The van der Waals surface area contributed by atoms with Crippen LogP contribution in [0, 0.1) is 0 Å².